The molecule has 2 aromatic rings. The SMILES string of the molecule is CN1C(=O)[C@@](CCC(=O)N2CCCNCC2)(Cc2ccccc2)c2ccccc21. The van der Waals surface area contributed by atoms with E-state index in [1.807, 2.05) is 48.3 Å². The summed E-state index contributed by atoms with van der Waals surface area (Å²) in [6, 6.07) is 18.2. The van der Waals surface area contributed by atoms with E-state index >= 15 is 0 Å². The van der Waals surface area contributed by atoms with Crippen LogP contribution in [-0.2, 0) is 21.4 Å². The molecule has 0 unspecified atom stereocenters. The molecule has 0 aliphatic carbocycles. The second-order valence-corrected chi connectivity index (χ2v) is 8.11. The molecule has 1 N–H and O–H groups in total. The molecule has 4 rings (SSSR count). The second-order valence-electron chi connectivity index (χ2n) is 8.11. The third-order valence-electron chi connectivity index (χ3n) is 6.30. The zero-order valence-electron chi connectivity index (χ0n) is 17.1. The first-order valence-electron chi connectivity index (χ1n) is 10.5. The smallest absolute Gasteiger partial charge is 0.237 e. The van der Waals surface area contributed by atoms with E-state index in [1.54, 1.807) is 4.90 Å². The Hall–Kier alpha value is -2.66. The highest BCUT2D eigenvalue weighted by Gasteiger charge is 2.49. The molecule has 2 aliphatic heterocycles. The Morgan fingerprint density at radius 2 is 1.79 bits per heavy atom. The van der Waals surface area contributed by atoms with Gasteiger partial charge in [-0.25, -0.2) is 0 Å². The van der Waals surface area contributed by atoms with E-state index in [2.05, 4.69) is 23.5 Å². The number of para-hydroxylation sites is 1. The van der Waals surface area contributed by atoms with E-state index in [0.29, 0.717) is 19.3 Å². The van der Waals surface area contributed by atoms with Crippen LogP contribution in [0.5, 0.6) is 0 Å². The molecule has 2 aliphatic rings. The number of rotatable bonds is 5. The van der Waals surface area contributed by atoms with Crippen molar-refractivity contribution in [2.24, 2.45) is 0 Å². The summed E-state index contributed by atoms with van der Waals surface area (Å²) in [6.07, 6.45) is 2.51. The molecule has 0 aromatic heterocycles. The van der Waals surface area contributed by atoms with Gasteiger partial charge in [0.2, 0.25) is 11.8 Å². The van der Waals surface area contributed by atoms with Crippen molar-refractivity contribution in [2.75, 3.05) is 38.1 Å². The Kier molecular flexibility index (Phi) is 5.67. The maximum absolute atomic E-state index is 13.5. The number of hydrogen-bond donors (Lipinski definition) is 1. The van der Waals surface area contributed by atoms with Gasteiger partial charge in [-0.05, 0) is 43.0 Å². The number of nitrogens with zero attached hydrogens (tertiary/aromatic N) is 2. The van der Waals surface area contributed by atoms with Crippen LogP contribution in [-0.4, -0.2) is 49.9 Å². The first-order valence-corrected chi connectivity index (χ1v) is 10.5. The van der Waals surface area contributed by atoms with Gasteiger partial charge in [0.05, 0.1) is 5.41 Å². The third kappa shape index (κ3) is 3.79. The van der Waals surface area contributed by atoms with Gasteiger partial charge in [0.25, 0.3) is 0 Å². The van der Waals surface area contributed by atoms with Crippen molar-refractivity contribution in [3.8, 4) is 0 Å². The highest BCUT2D eigenvalue weighted by atomic mass is 16.2. The minimum atomic E-state index is -0.688. The summed E-state index contributed by atoms with van der Waals surface area (Å²) in [5.74, 6) is 0.244. The van der Waals surface area contributed by atoms with Gasteiger partial charge in [0, 0.05) is 38.8 Å². The van der Waals surface area contributed by atoms with Crippen LogP contribution < -0.4 is 10.2 Å². The summed E-state index contributed by atoms with van der Waals surface area (Å²) < 4.78 is 0. The van der Waals surface area contributed by atoms with Crippen molar-refractivity contribution in [3.05, 3.63) is 65.7 Å². The van der Waals surface area contributed by atoms with Crippen LogP contribution in [0.4, 0.5) is 5.69 Å². The van der Waals surface area contributed by atoms with Crippen LogP contribution in [0.3, 0.4) is 0 Å². The summed E-state index contributed by atoms with van der Waals surface area (Å²) in [6.45, 7) is 3.33. The predicted octanol–water partition coefficient (Wildman–Crippen LogP) is 2.75. The Bertz CT molecular complexity index is 875. The lowest BCUT2D eigenvalue weighted by molar-refractivity contribution is -0.131. The Morgan fingerprint density at radius 1 is 1.03 bits per heavy atom. The van der Waals surface area contributed by atoms with Crippen LogP contribution in [0.15, 0.2) is 54.6 Å². The standard InChI is InChI=1S/C24H29N3O2/c1-26-21-11-6-5-10-20(21)24(23(26)29,18-19-8-3-2-4-9-19)13-12-22(28)27-16-7-14-25-15-17-27/h2-6,8-11,25H,7,12-18H2,1H3/t24-/m0/s1. The number of likely N-dealkylation sites (N-methyl/N-ethyl adjacent to an activating group) is 1. The Morgan fingerprint density at radius 3 is 2.62 bits per heavy atom. The van der Waals surface area contributed by atoms with Crippen LogP contribution in [0.1, 0.15) is 30.4 Å². The fourth-order valence-corrected chi connectivity index (χ4v) is 4.74. The van der Waals surface area contributed by atoms with E-state index in [9.17, 15) is 9.59 Å². The highest BCUT2D eigenvalue weighted by Crippen LogP contribution is 2.46. The van der Waals surface area contributed by atoms with Crippen molar-refractivity contribution in [2.45, 2.75) is 31.1 Å². The molecule has 0 spiro atoms. The molecular weight excluding hydrogens is 362 g/mol. The van der Waals surface area contributed by atoms with Crippen molar-refractivity contribution >= 4 is 17.5 Å². The zero-order valence-corrected chi connectivity index (χ0v) is 17.1. The lowest BCUT2D eigenvalue weighted by atomic mass is 9.73. The lowest BCUT2D eigenvalue weighted by Crippen LogP contribution is -2.42. The minimum absolute atomic E-state index is 0.0906. The van der Waals surface area contributed by atoms with Crippen molar-refractivity contribution in [3.63, 3.8) is 0 Å². The second kappa shape index (κ2) is 8.37. The fourth-order valence-electron chi connectivity index (χ4n) is 4.74. The average Bonchev–Trinajstić information content (AvgIpc) is 2.96. The van der Waals surface area contributed by atoms with Gasteiger partial charge in [-0.15, -0.1) is 0 Å². The van der Waals surface area contributed by atoms with E-state index in [-0.39, 0.29) is 11.8 Å². The minimum Gasteiger partial charge on any atom is -0.341 e. The fraction of sp³-hybridized carbons (Fsp3) is 0.417. The average molecular weight is 392 g/mol. The molecule has 5 nitrogen and oxygen atoms in total. The number of hydrogen-bond acceptors (Lipinski definition) is 3. The van der Waals surface area contributed by atoms with Gasteiger partial charge < -0.3 is 15.1 Å². The monoisotopic (exact) mass is 391 g/mol. The maximum Gasteiger partial charge on any atom is 0.237 e. The van der Waals surface area contributed by atoms with Crippen LogP contribution in [0.2, 0.25) is 0 Å². The molecule has 2 aromatic carbocycles. The predicted molar refractivity (Wildman–Crippen MR) is 115 cm³/mol. The van der Waals surface area contributed by atoms with Gasteiger partial charge in [0.1, 0.15) is 0 Å². The van der Waals surface area contributed by atoms with Crippen molar-refractivity contribution in [1.82, 2.24) is 10.2 Å². The zero-order chi connectivity index (χ0) is 20.3. The number of anilines is 1. The molecule has 2 heterocycles. The number of amides is 2. The van der Waals surface area contributed by atoms with Gasteiger partial charge in [-0.3, -0.25) is 9.59 Å². The molecular formula is C24H29N3O2. The number of nitrogens with one attached hydrogen (secondary N) is 1. The van der Waals surface area contributed by atoms with E-state index in [1.165, 1.54) is 0 Å². The Labute approximate surface area is 172 Å². The van der Waals surface area contributed by atoms with Crippen LogP contribution in [0, 0.1) is 0 Å². The van der Waals surface area contributed by atoms with Gasteiger partial charge >= 0.3 is 0 Å². The summed E-state index contributed by atoms with van der Waals surface area (Å²) in [7, 11) is 1.84. The number of carbonyl (C=O) groups excluding carboxylic acids is 2. The normalized spacial score (nSPS) is 21.8. The first-order chi connectivity index (χ1) is 14.1. The third-order valence-corrected chi connectivity index (χ3v) is 6.30. The van der Waals surface area contributed by atoms with Gasteiger partial charge in [-0.1, -0.05) is 48.5 Å². The van der Waals surface area contributed by atoms with E-state index in [0.717, 1.165) is 49.4 Å². The molecule has 152 valence electrons. The van der Waals surface area contributed by atoms with Crippen LogP contribution >= 0.6 is 0 Å². The molecule has 5 heteroatoms. The molecule has 2 amide bonds. The largest absolute Gasteiger partial charge is 0.341 e. The van der Waals surface area contributed by atoms with Gasteiger partial charge in [-0.2, -0.15) is 0 Å². The van der Waals surface area contributed by atoms with E-state index in [4.69, 9.17) is 0 Å². The Balaban J connectivity index is 1.63. The molecule has 0 saturated carbocycles. The molecule has 0 bridgehead atoms. The van der Waals surface area contributed by atoms with Crippen molar-refractivity contribution in [1.29, 1.82) is 0 Å². The summed E-state index contributed by atoms with van der Waals surface area (Å²) >= 11 is 0. The van der Waals surface area contributed by atoms with E-state index < -0.39 is 5.41 Å². The summed E-state index contributed by atoms with van der Waals surface area (Å²) in [4.78, 5) is 30.2. The maximum atomic E-state index is 13.5. The number of carbonyl (C=O) groups is 2. The quantitative estimate of drug-likeness (QED) is 0.853. The van der Waals surface area contributed by atoms with Crippen LogP contribution in [0.25, 0.3) is 0 Å². The molecule has 29 heavy (non-hydrogen) atoms. The first kappa shape index (κ1) is 19.6. The molecule has 0 radical (unpaired) electrons. The van der Waals surface area contributed by atoms with Crippen molar-refractivity contribution < 1.29 is 9.59 Å². The topological polar surface area (TPSA) is 52.7 Å². The number of fused-ring (bicyclic) bond motifs is 1. The lowest BCUT2D eigenvalue weighted by Gasteiger charge is -2.30. The molecule has 1 saturated heterocycles. The van der Waals surface area contributed by atoms with Gasteiger partial charge in [0.15, 0.2) is 0 Å². The number of benzene rings is 2. The summed E-state index contributed by atoms with van der Waals surface area (Å²) in [5.41, 5.74) is 2.44. The molecule has 1 fully saturated rings. The molecule has 1 atom stereocenters. The highest BCUT2D eigenvalue weighted by molar-refractivity contribution is 6.08. The summed E-state index contributed by atoms with van der Waals surface area (Å²) in [5, 5.41) is 3.34.